The fraction of sp³-hybridized carbons (Fsp3) is 0.424. The van der Waals surface area contributed by atoms with Crippen LogP contribution < -0.4 is 49.9 Å². The van der Waals surface area contributed by atoms with Crippen LogP contribution in [0.5, 0.6) is 0 Å². The van der Waals surface area contributed by atoms with Gasteiger partial charge in [-0.25, -0.2) is 0 Å². The Morgan fingerprint density at radius 1 is 0.694 bits per heavy atom. The SMILES string of the molecule is CC(C)[C@H](NC(=O)[C@@H](CCCN=C(N)N)NC(=O)Cc1ccccc1)C(=O)N[C@@H](CCCN=C(N)N)C(=O)NCc1ccc(C(=N)N)cc1. The second-order valence-corrected chi connectivity index (χ2v) is 11.8. The third-order valence-electron chi connectivity index (χ3n) is 7.36. The largest absolute Gasteiger partial charge is 0.384 e. The first-order valence-corrected chi connectivity index (χ1v) is 16.0. The van der Waals surface area contributed by atoms with E-state index in [0.29, 0.717) is 18.4 Å². The maximum atomic E-state index is 13.6. The van der Waals surface area contributed by atoms with Crippen molar-refractivity contribution in [2.45, 2.75) is 70.6 Å². The summed E-state index contributed by atoms with van der Waals surface area (Å²) >= 11 is 0. The number of hydrogen-bond donors (Lipinski definition) is 10. The fourth-order valence-electron chi connectivity index (χ4n) is 4.74. The summed E-state index contributed by atoms with van der Waals surface area (Å²) in [6.07, 6.45) is 1.24. The number of carbonyl (C=O) groups excluding carboxylic acids is 4. The summed E-state index contributed by atoms with van der Waals surface area (Å²) in [5.41, 5.74) is 29.3. The number of benzene rings is 2. The lowest BCUT2D eigenvalue weighted by Crippen LogP contribution is -2.58. The molecule has 0 aliphatic heterocycles. The summed E-state index contributed by atoms with van der Waals surface area (Å²) in [7, 11) is 0. The summed E-state index contributed by atoms with van der Waals surface area (Å²) in [6, 6.07) is 12.9. The van der Waals surface area contributed by atoms with Crippen molar-refractivity contribution in [3.63, 3.8) is 0 Å². The van der Waals surface area contributed by atoms with Crippen LogP contribution in [0.15, 0.2) is 64.6 Å². The Bertz CT molecular complexity index is 1450. The highest BCUT2D eigenvalue weighted by Crippen LogP contribution is 2.09. The van der Waals surface area contributed by atoms with Crippen molar-refractivity contribution in [1.82, 2.24) is 21.3 Å². The predicted molar refractivity (Wildman–Crippen MR) is 190 cm³/mol. The Labute approximate surface area is 286 Å². The molecule has 2 aromatic rings. The highest BCUT2D eigenvalue weighted by Gasteiger charge is 2.31. The number of guanidine groups is 2. The van der Waals surface area contributed by atoms with Crippen molar-refractivity contribution < 1.29 is 19.2 Å². The van der Waals surface area contributed by atoms with E-state index in [1.54, 1.807) is 50.2 Å². The maximum absolute atomic E-state index is 13.6. The van der Waals surface area contributed by atoms with Crippen LogP contribution >= 0.6 is 0 Å². The molecule has 0 heterocycles. The van der Waals surface area contributed by atoms with Gasteiger partial charge in [0, 0.05) is 25.2 Å². The summed E-state index contributed by atoms with van der Waals surface area (Å²) in [5.74, 6) is -2.60. The molecule has 49 heavy (non-hydrogen) atoms. The molecule has 266 valence electrons. The standard InChI is InChI=1S/C33H50N12O4/c1-20(2)27(45-30(48)25(11-7-17-41-33(38)39)43-26(46)18-21-8-4-3-5-9-21)31(49)44-24(10-6-16-40-32(36)37)29(47)42-19-22-12-14-23(15-13-22)28(34)35/h3-5,8-9,12-15,20,24-25,27H,6-7,10-11,16-19H2,1-2H3,(H3,34,35)(H,42,47)(H,43,46)(H,44,49)(H,45,48)(H4,36,37,40)(H4,38,39,41)/t24-,25+,27-/m0/s1. The molecule has 0 spiro atoms. The monoisotopic (exact) mass is 678 g/mol. The van der Waals surface area contributed by atoms with E-state index >= 15 is 0 Å². The van der Waals surface area contributed by atoms with Crippen LogP contribution in [0.3, 0.4) is 0 Å². The summed E-state index contributed by atoms with van der Waals surface area (Å²) in [6.45, 7) is 4.15. The number of aliphatic imine (C=N–C) groups is 2. The van der Waals surface area contributed by atoms with Gasteiger partial charge in [-0.1, -0.05) is 68.4 Å². The zero-order valence-corrected chi connectivity index (χ0v) is 28.1. The average molecular weight is 679 g/mol. The second-order valence-electron chi connectivity index (χ2n) is 11.8. The molecular weight excluding hydrogens is 628 g/mol. The molecule has 2 aromatic carbocycles. The van der Waals surface area contributed by atoms with Gasteiger partial charge in [0.2, 0.25) is 23.6 Å². The lowest BCUT2D eigenvalue weighted by atomic mass is 10.0. The van der Waals surface area contributed by atoms with Crippen LogP contribution in [0.25, 0.3) is 0 Å². The Morgan fingerprint density at radius 3 is 1.76 bits per heavy atom. The van der Waals surface area contributed by atoms with Crippen LogP contribution in [-0.4, -0.2) is 72.6 Å². The van der Waals surface area contributed by atoms with E-state index < -0.39 is 35.8 Å². The lowest BCUT2D eigenvalue weighted by Gasteiger charge is -2.27. The lowest BCUT2D eigenvalue weighted by molar-refractivity contribution is -0.134. The van der Waals surface area contributed by atoms with Gasteiger partial charge in [0.1, 0.15) is 24.0 Å². The Kier molecular flexibility index (Phi) is 16.6. The molecule has 0 aromatic heterocycles. The highest BCUT2D eigenvalue weighted by molar-refractivity contribution is 5.95. The fourth-order valence-corrected chi connectivity index (χ4v) is 4.74. The van der Waals surface area contributed by atoms with E-state index in [1.807, 2.05) is 18.2 Å². The Hall–Kier alpha value is -5.67. The maximum Gasteiger partial charge on any atom is 0.243 e. The molecule has 0 fully saturated rings. The molecule has 4 amide bonds. The van der Waals surface area contributed by atoms with Crippen molar-refractivity contribution in [3.8, 4) is 0 Å². The van der Waals surface area contributed by atoms with Crippen LogP contribution in [0.1, 0.15) is 56.2 Å². The van der Waals surface area contributed by atoms with Gasteiger partial charge in [-0.15, -0.1) is 0 Å². The number of carbonyl (C=O) groups is 4. The van der Waals surface area contributed by atoms with Gasteiger partial charge in [-0.05, 0) is 42.7 Å². The Morgan fingerprint density at radius 2 is 1.24 bits per heavy atom. The normalized spacial score (nSPS) is 12.5. The zero-order chi connectivity index (χ0) is 36.3. The average Bonchev–Trinajstić information content (AvgIpc) is 3.05. The molecule has 2 rings (SSSR count). The van der Waals surface area contributed by atoms with Crippen molar-refractivity contribution in [2.24, 2.45) is 44.6 Å². The minimum absolute atomic E-state index is 0.0597. The van der Waals surface area contributed by atoms with Crippen molar-refractivity contribution in [2.75, 3.05) is 13.1 Å². The van der Waals surface area contributed by atoms with Gasteiger partial charge in [-0.3, -0.25) is 34.6 Å². The van der Waals surface area contributed by atoms with Crippen LogP contribution in [0.2, 0.25) is 0 Å². The summed E-state index contributed by atoms with van der Waals surface area (Å²) in [5, 5.41) is 18.7. The van der Waals surface area contributed by atoms with E-state index in [1.165, 1.54) is 0 Å². The molecule has 3 atom stereocenters. The molecule has 16 nitrogen and oxygen atoms in total. The first-order valence-electron chi connectivity index (χ1n) is 16.0. The van der Waals surface area contributed by atoms with E-state index in [-0.39, 0.29) is 68.5 Å². The summed E-state index contributed by atoms with van der Waals surface area (Å²) < 4.78 is 0. The first-order chi connectivity index (χ1) is 23.3. The Balaban J connectivity index is 2.17. The van der Waals surface area contributed by atoms with E-state index in [2.05, 4.69) is 31.3 Å². The number of nitrogens with one attached hydrogen (secondary N) is 5. The number of nitrogens with zero attached hydrogens (tertiary/aromatic N) is 2. The van der Waals surface area contributed by atoms with E-state index in [0.717, 1.165) is 11.1 Å². The second kappa shape index (κ2) is 20.5. The topological polar surface area (TPSA) is 295 Å². The summed E-state index contributed by atoms with van der Waals surface area (Å²) in [4.78, 5) is 61.3. The molecule has 16 heteroatoms. The van der Waals surface area contributed by atoms with Crippen LogP contribution in [0.4, 0.5) is 0 Å². The number of amidine groups is 1. The molecule has 0 aliphatic carbocycles. The quantitative estimate of drug-likeness (QED) is 0.0468. The minimum Gasteiger partial charge on any atom is -0.384 e. The van der Waals surface area contributed by atoms with Gasteiger partial charge < -0.3 is 49.9 Å². The van der Waals surface area contributed by atoms with Gasteiger partial charge in [0.25, 0.3) is 0 Å². The zero-order valence-electron chi connectivity index (χ0n) is 28.1. The van der Waals surface area contributed by atoms with Gasteiger partial charge >= 0.3 is 0 Å². The molecule has 0 bridgehead atoms. The van der Waals surface area contributed by atoms with E-state index in [4.69, 9.17) is 34.1 Å². The highest BCUT2D eigenvalue weighted by atomic mass is 16.2. The molecule has 0 unspecified atom stereocenters. The predicted octanol–water partition coefficient (Wildman–Crippen LogP) is -0.953. The first kappa shape index (κ1) is 39.5. The molecule has 0 saturated heterocycles. The molecule has 15 N–H and O–H groups in total. The third kappa shape index (κ3) is 15.2. The van der Waals surface area contributed by atoms with E-state index in [9.17, 15) is 19.2 Å². The van der Waals surface area contributed by atoms with Gasteiger partial charge in [0.15, 0.2) is 11.9 Å². The number of rotatable bonds is 20. The van der Waals surface area contributed by atoms with Gasteiger partial charge in [0.05, 0.1) is 6.42 Å². The molecule has 0 aliphatic rings. The molecule has 0 saturated carbocycles. The number of hydrogen-bond acceptors (Lipinski definition) is 7. The molecular formula is C33H50N12O4. The molecule has 0 radical (unpaired) electrons. The van der Waals surface area contributed by atoms with Crippen LogP contribution in [-0.2, 0) is 32.1 Å². The van der Waals surface area contributed by atoms with Crippen molar-refractivity contribution in [3.05, 3.63) is 71.3 Å². The number of nitrogens with two attached hydrogens (primary N) is 5. The van der Waals surface area contributed by atoms with Gasteiger partial charge in [-0.2, -0.15) is 0 Å². The van der Waals surface area contributed by atoms with Crippen molar-refractivity contribution >= 4 is 41.4 Å². The van der Waals surface area contributed by atoms with Crippen molar-refractivity contribution in [1.29, 1.82) is 5.41 Å². The smallest absolute Gasteiger partial charge is 0.243 e. The minimum atomic E-state index is -1.04. The third-order valence-corrected chi connectivity index (χ3v) is 7.36. The number of amides is 4. The number of nitrogen functional groups attached to an aromatic ring is 1. The van der Waals surface area contributed by atoms with Crippen LogP contribution in [0, 0.1) is 11.3 Å².